The van der Waals surface area contributed by atoms with E-state index in [9.17, 15) is 0 Å². The minimum Gasteiger partial charge on any atom is -0.456 e. The molecule has 0 unspecified atom stereocenters. The lowest BCUT2D eigenvalue weighted by Crippen LogP contribution is -2.13. The van der Waals surface area contributed by atoms with Crippen molar-refractivity contribution in [1.29, 1.82) is 0 Å². The highest BCUT2D eigenvalue weighted by Crippen LogP contribution is 2.48. The van der Waals surface area contributed by atoms with Gasteiger partial charge in [0, 0.05) is 65.8 Å². The molecule has 6 heteroatoms. The van der Waals surface area contributed by atoms with Gasteiger partial charge in [-0.15, -0.1) is 0 Å². The van der Waals surface area contributed by atoms with Crippen molar-refractivity contribution in [2.75, 3.05) is 9.80 Å². The highest BCUT2D eigenvalue weighted by molar-refractivity contribution is 6.19. The van der Waals surface area contributed by atoms with E-state index >= 15 is 0 Å². The molecule has 0 saturated carbocycles. The maximum Gasteiger partial charge on any atom is 0.136 e. The summed E-state index contributed by atoms with van der Waals surface area (Å²) < 4.78 is 26.3. The Morgan fingerprint density at radius 2 is 0.639 bits per heavy atom. The van der Waals surface area contributed by atoms with Crippen molar-refractivity contribution >= 4 is 143 Å². The summed E-state index contributed by atoms with van der Waals surface area (Å²) in [6, 6.07) is 68.9. The molecule has 11 aromatic carbocycles. The van der Waals surface area contributed by atoms with Crippen molar-refractivity contribution in [3.05, 3.63) is 216 Å². The molecule has 0 fully saturated rings. The summed E-state index contributed by atoms with van der Waals surface area (Å²) in [4.78, 5) is 4.75. The number of aryl methyl sites for hydroxylation is 4. The number of benzene rings is 11. The van der Waals surface area contributed by atoms with Gasteiger partial charge in [0.25, 0.3) is 0 Å². The highest BCUT2D eigenvalue weighted by Gasteiger charge is 2.25. The Labute approximate surface area is 413 Å². The first-order valence-electron chi connectivity index (χ1n) is 24.5. The van der Waals surface area contributed by atoms with Gasteiger partial charge in [0.2, 0.25) is 0 Å². The maximum atomic E-state index is 6.78. The Balaban J connectivity index is 0.836. The number of hydrogen-bond acceptors (Lipinski definition) is 6. The molecule has 0 aliphatic carbocycles. The van der Waals surface area contributed by atoms with Crippen LogP contribution in [0.2, 0.25) is 0 Å². The van der Waals surface area contributed by atoms with Gasteiger partial charge < -0.3 is 27.5 Å². The average Bonchev–Trinajstić information content (AvgIpc) is 4.16. The molecule has 0 spiro atoms. The Hall–Kier alpha value is -9.26. The number of rotatable bonds is 6. The summed E-state index contributed by atoms with van der Waals surface area (Å²) in [5, 5.41) is 13.1. The normalized spacial score (nSPS) is 12.2. The third-order valence-corrected chi connectivity index (χ3v) is 15.1. The van der Waals surface area contributed by atoms with Crippen LogP contribution in [0.3, 0.4) is 0 Å². The Kier molecular flexibility index (Phi) is 8.53. The zero-order valence-corrected chi connectivity index (χ0v) is 40.0. The molecule has 0 saturated heterocycles. The highest BCUT2D eigenvalue weighted by atomic mass is 16.3. The Morgan fingerprint density at radius 1 is 0.264 bits per heavy atom. The Morgan fingerprint density at radius 3 is 1.08 bits per heavy atom. The molecule has 342 valence electrons. The van der Waals surface area contributed by atoms with E-state index in [1.165, 1.54) is 11.1 Å². The fourth-order valence-corrected chi connectivity index (χ4v) is 11.9. The van der Waals surface area contributed by atoms with Crippen LogP contribution in [0.4, 0.5) is 34.1 Å². The van der Waals surface area contributed by atoms with Crippen molar-refractivity contribution in [2.24, 2.45) is 0 Å². The van der Waals surface area contributed by atoms with Crippen LogP contribution in [-0.2, 0) is 0 Å². The Bertz CT molecular complexity index is 4440. The van der Waals surface area contributed by atoms with Gasteiger partial charge in [0.05, 0.1) is 11.4 Å². The smallest absolute Gasteiger partial charge is 0.136 e. The van der Waals surface area contributed by atoms with Crippen molar-refractivity contribution < 1.29 is 17.7 Å². The van der Waals surface area contributed by atoms with Crippen molar-refractivity contribution in [2.45, 2.75) is 27.7 Å². The van der Waals surface area contributed by atoms with Crippen LogP contribution in [0.5, 0.6) is 0 Å². The molecule has 0 aliphatic heterocycles. The van der Waals surface area contributed by atoms with E-state index in [4.69, 9.17) is 17.7 Å². The largest absolute Gasteiger partial charge is 0.456 e. The number of hydrogen-bond donors (Lipinski definition) is 0. The molecular weight excluding hydrogens is 885 g/mol. The van der Waals surface area contributed by atoms with Gasteiger partial charge in [0.15, 0.2) is 0 Å². The second-order valence-electron chi connectivity index (χ2n) is 19.4. The van der Waals surface area contributed by atoms with E-state index in [1.54, 1.807) is 0 Å². The summed E-state index contributed by atoms with van der Waals surface area (Å²) in [7, 11) is 0. The predicted octanol–water partition coefficient (Wildman–Crippen LogP) is 19.8. The van der Waals surface area contributed by atoms with E-state index in [1.807, 2.05) is 24.3 Å². The van der Waals surface area contributed by atoms with Crippen LogP contribution in [-0.4, -0.2) is 0 Å². The fourth-order valence-electron chi connectivity index (χ4n) is 11.9. The van der Waals surface area contributed by atoms with E-state index in [0.29, 0.717) is 0 Å². The molecule has 4 heterocycles. The summed E-state index contributed by atoms with van der Waals surface area (Å²) in [5.74, 6) is 0. The van der Waals surface area contributed by atoms with E-state index in [2.05, 4.69) is 207 Å². The van der Waals surface area contributed by atoms with Gasteiger partial charge in [-0.2, -0.15) is 0 Å². The number of furan rings is 4. The van der Waals surface area contributed by atoms with Crippen LogP contribution < -0.4 is 9.80 Å². The first kappa shape index (κ1) is 40.6. The van der Waals surface area contributed by atoms with Gasteiger partial charge in [-0.25, -0.2) is 0 Å². The summed E-state index contributed by atoms with van der Waals surface area (Å²) in [6.45, 7) is 8.78. The number of para-hydroxylation sites is 4. The molecule has 6 nitrogen and oxygen atoms in total. The van der Waals surface area contributed by atoms with E-state index < -0.39 is 0 Å². The zero-order valence-electron chi connectivity index (χ0n) is 40.0. The molecule has 0 bridgehead atoms. The fraction of sp³-hybridized carbons (Fsp3) is 0.0606. The predicted molar refractivity (Wildman–Crippen MR) is 299 cm³/mol. The maximum absolute atomic E-state index is 6.78. The van der Waals surface area contributed by atoms with Gasteiger partial charge in [-0.1, -0.05) is 84.9 Å². The van der Waals surface area contributed by atoms with Crippen molar-refractivity contribution in [3.8, 4) is 0 Å². The summed E-state index contributed by atoms with van der Waals surface area (Å²) in [6.07, 6.45) is 0. The summed E-state index contributed by atoms with van der Waals surface area (Å²) >= 11 is 0. The van der Waals surface area contributed by atoms with E-state index in [0.717, 1.165) is 155 Å². The molecule has 15 rings (SSSR count). The minimum absolute atomic E-state index is 0.829. The second kappa shape index (κ2) is 15.1. The molecule has 4 aromatic heterocycles. The molecule has 0 aliphatic rings. The molecule has 0 N–H and O–H groups in total. The monoisotopic (exact) mass is 928 g/mol. The van der Waals surface area contributed by atoms with Gasteiger partial charge in [-0.05, 0) is 181 Å². The van der Waals surface area contributed by atoms with Crippen molar-refractivity contribution in [3.63, 3.8) is 0 Å². The lowest BCUT2D eigenvalue weighted by molar-refractivity contribution is 0.664. The molecular formula is C66H44N2O4. The van der Waals surface area contributed by atoms with Crippen LogP contribution in [0.1, 0.15) is 22.3 Å². The standard InChI is InChI=1S/C66H44N2O4/c1-37-27-61-63(49-19-11-13-21-55(49)69-61)39(3)65(37)67(45-15-7-5-8-16-45)47-25-23-41-31-51-53-35-60-54(36-59(53)71-57(51)33-43(41)29-47)52-32-42-24-26-48(30-44(42)34-58(52)72-60)68(46-17-9-6-10-18-46)66-38(2)28-62-64(40(66)4)50-20-12-14-22-56(50)70-62/h5-36H,1-4H3. The first-order chi connectivity index (χ1) is 35.3. The van der Waals surface area contributed by atoms with Gasteiger partial charge in [0.1, 0.15) is 44.7 Å². The minimum atomic E-state index is 0.829. The average molecular weight is 929 g/mol. The molecule has 0 atom stereocenters. The van der Waals surface area contributed by atoms with Crippen molar-refractivity contribution in [1.82, 2.24) is 0 Å². The number of fused-ring (bicyclic) bond motifs is 14. The van der Waals surface area contributed by atoms with Gasteiger partial charge >= 0.3 is 0 Å². The summed E-state index contributed by atoms with van der Waals surface area (Å²) in [5.41, 5.74) is 18.1. The first-order valence-corrected chi connectivity index (χ1v) is 24.5. The molecule has 15 aromatic rings. The molecule has 0 radical (unpaired) electrons. The van der Waals surface area contributed by atoms with Crippen LogP contribution >= 0.6 is 0 Å². The zero-order chi connectivity index (χ0) is 47.9. The molecule has 0 amide bonds. The SMILES string of the molecule is Cc1cc2oc3ccccc3c2c(C)c1N(c1ccccc1)c1ccc2cc3c(cc2c1)oc1cc2c(cc13)oc1cc3cc(N(c4ccccc4)c4c(C)cc5oc6ccccc6c5c4C)ccc3cc12. The topological polar surface area (TPSA) is 59.0 Å². The number of nitrogens with zero attached hydrogens (tertiary/aromatic N) is 2. The number of anilines is 6. The lowest BCUT2D eigenvalue weighted by atomic mass is 9.99. The lowest BCUT2D eigenvalue weighted by Gasteiger charge is -2.29. The third-order valence-electron chi connectivity index (χ3n) is 15.1. The van der Waals surface area contributed by atoms with Crippen LogP contribution in [0.15, 0.2) is 212 Å². The van der Waals surface area contributed by atoms with Crippen LogP contribution in [0, 0.1) is 27.7 Å². The quantitative estimate of drug-likeness (QED) is 0.166. The van der Waals surface area contributed by atoms with E-state index in [-0.39, 0.29) is 0 Å². The molecule has 72 heavy (non-hydrogen) atoms. The third kappa shape index (κ3) is 5.96. The van der Waals surface area contributed by atoms with Gasteiger partial charge in [-0.3, -0.25) is 0 Å². The van der Waals surface area contributed by atoms with Crippen LogP contribution in [0.25, 0.3) is 109 Å². The second-order valence-corrected chi connectivity index (χ2v) is 19.4.